The van der Waals surface area contributed by atoms with Crippen LogP contribution < -0.4 is 0 Å². The smallest absolute Gasteiger partial charge is 0.169 e. The molecule has 1 fully saturated rings. The molecule has 0 spiro atoms. The fraction of sp³-hybridized carbons (Fsp3) is 0.471. The second-order valence-electron chi connectivity index (χ2n) is 6.02. The normalized spacial score (nSPS) is 22.7. The van der Waals surface area contributed by atoms with Crippen molar-refractivity contribution >= 4 is 5.78 Å². The SMILES string of the molecule is C=CCN1CC(OCc2ccccc2)C(=O)C(C)(C)C1. The molecule has 3 heteroatoms. The van der Waals surface area contributed by atoms with E-state index in [0.717, 1.165) is 18.7 Å². The Bertz CT molecular complexity index is 467. The maximum atomic E-state index is 12.4. The van der Waals surface area contributed by atoms with Gasteiger partial charge >= 0.3 is 0 Å². The van der Waals surface area contributed by atoms with Gasteiger partial charge in [0.25, 0.3) is 0 Å². The lowest BCUT2D eigenvalue weighted by Gasteiger charge is -2.40. The van der Waals surface area contributed by atoms with Crippen LogP contribution in [0, 0.1) is 5.41 Å². The molecule has 1 atom stereocenters. The van der Waals surface area contributed by atoms with E-state index in [9.17, 15) is 4.79 Å². The molecule has 20 heavy (non-hydrogen) atoms. The van der Waals surface area contributed by atoms with E-state index < -0.39 is 0 Å². The van der Waals surface area contributed by atoms with E-state index in [1.54, 1.807) is 0 Å². The van der Waals surface area contributed by atoms with Crippen molar-refractivity contribution in [2.24, 2.45) is 5.41 Å². The van der Waals surface area contributed by atoms with E-state index in [0.29, 0.717) is 13.2 Å². The summed E-state index contributed by atoms with van der Waals surface area (Å²) in [6, 6.07) is 9.97. The molecule has 0 bridgehead atoms. The molecule has 0 radical (unpaired) electrons. The number of benzene rings is 1. The molecule has 1 saturated heterocycles. The van der Waals surface area contributed by atoms with Crippen molar-refractivity contribution in [2.75, 3.05) is 19.6 Å². The lowest BCUT2D eigenvalue weighted by molar-refractivity contribution is -0.148. The largest absolute Gasteiger partial charge is 0.364 e. The Hall–Kier alpha value is -1.45. The summed E-state index contributed by atoms with van der Waals surface area (Å²) >= 11 is 0. The van der Waals surface area contributed by atoms with Gasteiger partial charge in [-0.2, -0.15) is 0 Å². The van der Waals surface area contributed by atoms with Crippen molar-refractivity contribution in [2.45, 2.75) is 26.6 Å². The summed E-state index contributed by atoms with van der Waals surface area (Å²) in [5.41, 5.74) is 0.738. The van der Waals surface area contributed by atoms with Crippen LogP contribution in [0.15, 0.2) is 43.0 Å². The van der Waals surface area contributed by atoms with Crippen molar-refractivity contribution in [1.82, 2.24) is 4.90 Å². The monoisotopic (exact) mass is 273 g/mol. The standard InChI is InChI=1S/C17H23NO2/c1-4-10-18-11-15(16(19)17(2,3)13-18)20-12-14-8-6-5-7-9-14/h4-9,15H,1,10-13H2,2-3H3. The molecule has 108 valence electrons. The van der Waals surface area contributed by atoms with Crippen molar-refractivity contribution in [3.63, 3.8) is 0 Å². The summed E-state index contributed by atoms with van der Waals surface area (Å²) in [7, 11) is 0. The molecule has 1 aliphatic rings. The molecule has 0 N–H and O–H groups in total. The van der Waals surface area contributed by atoms with E-state index in [4.69, 9.17) is 4.74 Å². The number of carbonyl (C=O) groups excluding carboxylic acids is 1. The van der Waals surface area contributed by atoms with Gasteiger partial charge in [0.1, 0.15) is 6.10 Å². The highest BCUT2D eigenvalue weighted by atomic mass is 16.5. The van der Waals surface area contributed by atoms with Crippen LogP contribution in [-0.4, -0.2) is 36.4 Å². The molecule has 0 aromatic heterocycles. The van der Waals surface area contributed by atoms with Crippen molar-refractivity contribution in [3.8, 4) is 0 Å². The second kappa shape index (κ2) is 6.33. The first kappa shape index (κ1) is 14.9. The second-order valence-corrected chi connectivity index (χ2v) is 6.02. The number of carbonyl (C=O) groups is 1. The highest BCUT2D eigenvalue weighted by molar-refractivity contribution is 5.89. The van der Waals surface area contributed by atoms with Crippen LogP contribution in [0.5, 0.6) is 0 Å². The number of rotatable bonds is 5. The molecule has 1 heterocycles. The Balaban J connectivity index is 2.01. The van der Waals surface area contributed by atoms with Gasteiger partial charge in [-0.25, -0.2) is 0 Å². The lowest BCUT2D eigenvalue weighted by Crippen LogP contribution is -2.55. The van der Waals surface area contributed by atoms with Crippen LogP contribution in [0.25, 0.3) is 0 Å². The van der Waals surface area contributed by atoms with Crippen LogP contribution in [-0.2, 0) is 16.1 Å². The lowest BCUT2D eigenvalue weighted by atomic mass is 9.81. The summed E-state index contributed by atoms with van der Waals surface area (Å²) in [6.07, 6.45) is 1.53. The van der Waals surface area contributed by atoms with Crippen molar-refractivity contribution < 1.29 is 9.53 Å². The van der Waals surface area contributed by atoms with E-state index in [-0.39, 0.29) is 17.3 Å². The third-order valence-corrected chi connectivity index (χ3v) is 3.68. The van der Waals surface area contributed by atoms with Gasteiger partial charge in [0.15, 0.2) is 5.78 Å². The molecule has 1 aromatic rings. The zero-order chi connectivity index (χ0) is 14.6. The van der Waals surface area contributed by atoms with Gasteiger partial charge in [0.05, 0.1) is 6.61 Å². The van der Waals surface area contributed by atoms with Gasteiger partial charge in [0, 0.05) is 25.0 Å². The maximum Gasteiger partial charge on any atom is 0.169 e. The summed E-state index contributed by atoms with van der Waals surface area (Å²) in [6.45, 7) is 10.4. The quantitative estimate of drug-likeness (QED) is 0.773. The zero-order valence-corrected chi connectivity index (χ0v) is 12.3. The van der Waals surface area contributed by atoms with E-state index >= 15 is 0 Å². The van der Waals surface area contributed by atoms with Crippen molar-refractivity contribution in [1.29, 1.82) is 0 Å². The highest BCUT2D eigenvalue weighted by Crippen LogP contribution is 2.27. The number of likely N-dealkylation sites (tertiary alicyclic amines) is 1. The Kier molecular flexibility index (Phi) is 4.73. The average Bonchev–Trinajstić information content (AvgIpc) is 2.42. The first-order chi connectivity index (χ1) is 9.53. The molecule has 2 rings (SSSR count). The minimum absolute atomic E-state index is 0.203. The molecule has 0 saturated carbocycles. The maximum absolute atomic E-state index is 12.4. The number of nitrogens with zero attached hydrogens (tertiary/aromatic N) is 1. The molecule has 1 aliphatic heterocycles. The third-order valence-electron chi connectivity index (χ3n) is 3.68. The summed E-state index contributed by atoms with van der Waals surface area (Å²) in [5.74, 6) is 0.203. The number of ether oxygens (including phenoxy) is 1. The van der Waals surface area contributed by atoms with Crippen LogP contribution in [0.3, 0.4) is 0 Å². The number of hydrogen-bond donors (Lipinski definition) is 0. The van der Waals surface area contributed by atoms with Gasteiger partial charge in [0.2, 0.25) is 0 Å². The minimum atomic E-state index is -0.359. The van der Waals surface area contributed by atoms with Crippen molar-refractivity contribution in [3.05, 3.63) is 48.6 Å². The predicted molar refractivity (Wildman–Crippen MR) is 80.4 cm³/mol. The molecule has 3 nitrogen and oxygen atoms in total. The predicted octanol–water partition coefficient (Wildman–Crippen LogP) is 2.67. The Labute approximate surface area is 121 Å². The topological polar surface area (TPSA) is 29.5 Å². The van der Waals surface area contributed by atoms with Gasteiger partial charge in [-0.3, -0.25) is 9.69 Å². The summed E-state index contributed by atoms with van der Waals surface area (Å²) in [5, 5.41) is 0. The van der Waals surface area contributed by atoms with Crippen LogP contribution >= 0.6 is 0 Å². The number of Topliss-reactive ketones (excluding diaryl/α,β-unsaturated/α-hetero) is 1. The zero-order valence-electron chi connectivity index (χ0n) is 12.3. The van der Waals surface area contributed by atoms with E-state index in [1.165, 1.54) is 0 Å². The summed E-state index contributed by atoms with van der Waals surface area (Å²) < 4.78 is 5.87. The summed E-state index contributed by atoms with van der Waals surface area (Å²) in [4.78, 5) is 14.7. The molecule has 0 aliphatic carbocycles. The number of ketones is 1. The molecule has 1 aromatic carbocycles. The van der Waals surface area contributed by atoms with Gasteiger partial charge in [-0.1, -0.05) is 50.3 Å². The molecule has 0 amide bonds. The first-order valence-corrected chi connectivity index (χ1v) is 7.06. The van der Waals surface area contributed by atoms with Crippen LogP contribution in [0.4, 0.5) is 0 Å². The first-order valence-electron chi connectivity index (χ1n) is 7.06. The third kappa shape index (κ3) is 3.56. The Morgan fingerprint density at radius 1 is 1.40 bits per heavy atom. The van der Waals surface area contributed by atoms with E-state index in [2.05, 4.69) is 11.5 Å². The highest BCUT2D eigenvalue weighted by Gasteiger charge is 2.41. The number of hydrogen-bond acceptors (Lipinski definition) is 3. The van der Waals surface area contributed by atoms with Gasteiger partial charge < -0.3 is 4.74 Å². The fourth-order valence-corrected chi connectivity index (χ4v) is 2.68. The molecule has 1 unspecified atom stereocenters. The van der Waals surface area contributed by atoms with Crippen LogP contribution in [0.1, 0.15) is 19.4 Å². The fourth-order valence-electron chi connectivity index (χ4n) is 2.68. The minimum Gasteiger partial charge on any atom is -0.364 e. The Morgan fingerprint density at radius 3 is 2.75 bits per heavy atom. The Morgan fingerprint density at radius 2 is 2.10 bits per heavy atom. The average molecular weight is 273 g/mol. The molecular formula is C17H23NO2. The van der Waals surface area contributed by atoms with Crippen LogP contribution in [0.2, 0.25) is 0 Å². The van der Waals surface area contributed by atoms with Gasteiger partial charge in [-0.15, -0.1) is 6.58 Å². The van der Waals surface area contributed by atoms with E-state index in [1.807, 2.05) is 50.3 Å². The number of piperidine rings is 1. The molecular weight excluding hydrogens is 250 g/mol. The van der Waals surface area contributed by atoms with Gasteiger partial charge in [-0.05, 0) is 5.56 Å².